The quantitative estimate of drug-likeness (QED) is 0.354. The van der Waals surface area contributed by atoms with E-state index in [2.05, 4.69) is 64.6 Å². The fraction of sp³-hybridized carbons (Fsp3) is 0.556. The highest BCUT2D eigenvalue weighted by Crippen LogP contribution is 2.27. The maximum absolute atomic E-state index is 13.9. The minimum Gasteiger partial charge on any atom is -0.372 e. The summed E-state index contributed by atoms with van der Waals surface area (Å²) in [5.41, 5.74) is 4.56. The number of benzene rings is 2. The molecule has 172 valence electrons. The third kappa shape index (κ3) is 8.34. The zero-order chi connectivity index (χ0) is 23.0. The number of likely N-dealkylation sites (N-methyl/N-ethyl adjacent to an activating group) is 1. The monoisotopic (exact) mass is 431 g/mol. The van der Waals surface area contributed by atoms with E-state index in [1.165, 1.54) is 28.8 Å². The van der Waals surface area contributed by atoms with Gasteiger partial charge in [-0.3, -0.25) is 0 Å². The largest absolute Gasteiger partial charge is 0.372 e. The molecule has 0 heterocycles. The third-order valence-corrected chi connectivity index (χ3v) is 5.84. The second kappa shape index (κ2) is 11.7. The summed E-state index contributed by atoms with van der Waals surface area (Å²) in [6, 6.07) is 10.1. The first-order chi connectivity index (χ1) is 14.6. The van der Waals surface area contributed by atoms with Crippen molar-refractivity contribution >= 4 is 0 Å². The SMILES string of the molecule is CCN(CCC(C)(C)C)CC(OCCCc1ccc(F)cc1F)c1c(C)cccc1C. The Kier molecular flexibility index (Phi) is 9.64. The molecule has 0 spiro atoms. The molecular weight excluding hydrogens is 392 g/mol. The summed E-state index contributed by atoms with van der Waals surface area (Å²) in [6.45, 7) is 16.7. The van der Waals surface area contributed by atoms with E-state index < -0.39 is 11.6 Å². The molecule has 2 nitrogen and oxygen atoms in total. The predicted molar refractivity (Wildman–Crippen MR) is 125 cm³/mol. The normalized spacial score (nSPS) is 13.1. The Morgan fingerprint density at radius 2 is 1.71 bits per heavy atom. The van der Waals surface area contributed by atoms with Crippen molar-refractivity contribution in [1.29, 1.82) is 0 Å². The number of hydrogen-bond donors (Lipinski definition) is 0. The highest BCUT2D eigenvalue weighted by atomic mass is 19.1. The number of aryl methyl sites for hydroxylation is 3. The highest BCUT2D eigenvalue weighted by Gasteiger charge is 2.21. The second-order valence-corrected chi connectivity index (χ2v) is 9.71. The standard InChI is InChI=1S/C27H39F2NO/c1-7-30(16-15-27(4,5)6)19-25(26-20(2)10-8-11-21(26)3)31-17-9-12-22-13-14-23(28)18-24(22)29/h8,10-11,13-14,18,25H,7,9,12,15-17,19H2,1-6H3. The van der Waals surface area contributed by atoms with E-state index in [1.807, 2.05) is 0 Å². The Morgan fingerprint density at radius 3 is 2.29 bits per heavy atom. The number of halogens is 2. The van der Waals surface area contributed by atoms with Crippen LogP contribution >= 0.6 is 0 Å². The maximum Gasteiger partial charge on any atom is 0.129 e. The molecule has 1 atom stereocenters. The summed E-state index contributed by atoms with van der Waals surface area (Å²) in [4.78, 5) is 2.46. The van der Waals surface area contributed by atoms with Gasteiger partial charge in [-0.1, -0.05) is 52.0 Å². The minimum atomic E-state index is -0.539. The molecule has 2 rings (SSSR count). The van der Waals surface area contributed by atoms with Gasteiger partial charge in [-0.15, -0.1) is 0 Å². The zero-order valence-electron chi connectivity index (χ0n) is 20.1. The molecule has 0 saturated heterocycles. The van der Waals surface area contributed by atoms with Crippen LogP contribution in [0.5, 0.6) is 0 Å². The lowest BCUT2D eigenvalue weighted by molar-refractivity contribution is 0.0218. The van der Waals surface area contributed by atoms with Gasteiger partial charge in [0.2, 0.25) is 0 Å². The fourth-order valence-electron chi connectivity index (χ4n) is 3.88. The Labute approximate surface area is 187 Å². The summed E-state index contributed by atoms with van der Waals surface area (Å²) < 4.78 is 33.4. The van der Waals surface area contributed by atoms with Crippen LogP contribution in [0.1, 0.15) is 68.9 Å². The second-order valence-electron chi connectivity index (χ2n) is 9.71. The van der Waals surface area contributed by atoms with Gasteiger partial charge in [0.15, 0.2) is 0 Å². The van der Waals surface area contributed by atoms with Crippen LogP contribution in [-0.2, 0) is 11.2 Å². The van der Waals surface area contributed by atoms with Gasteiger partial charge in [-0.05, 0) is 79.9 Å². The minimum absolute atomic E-state index is 0.0285. The van der Waals surface area contributed by atoms with E-state index in [0.29, 0.717) is 30.4 Å². The molecule has 0 amide bonds. The lowest BCUT2D eigenvalue weighted by Crippen LogP contribution is -2.33. The molecule has 0 aliphatic heterocycles. The van der Waals surface area contributed by atoms with Crippen LogP contribution in [0.15, 0.2) is 36.4 Å². The molecule has 0 N–H and O–H groups in total. The first-order valence-corrected chi connectivity index (χ1v) is 11.4. The molecule has 1 unspecified atom stereocenters. The van der Waals surface area contributed by atoms with Crippen LogP contribution in [0.25, 0.3) is 0 Å². The molecule has 4 heteroatoms. The first-order valence-electron chi connectivity index (χ1n) is 11.4. The van der Waals surface area contributed by atoms with Gasteiger partial charge in [0.25, 0.3) is 0 Å². The van der Waals surface area contributed by atoms with Gasteiger partial charge in [-0.25, -0.2) is 8.78 Å². The van der Waals surface area contributed by atoms with Crippen LogP contribution in [0.4, 0.5) is 8.78 Å². The maximum atomic E-state index is 13.9. The van der Waals surface area contributed by atoms with Crippen molar-refractivity contribution in [2.45, 2.75) is 66.9 Å². The summed E-state index contributed by atoms with van der Waals surface area (Å²) in [5.74, 6) is -1.02. The Balaban J connectivity index is 2.07. The van der Waals surface area contributed by atoms with E-state index >= 15 is 0 Å². The summed E-state index contributed by atoms with van der Waals surface area (Å²) in [7, 11) is 0. The Morgan fingerprint density at radius 1 is 1.03 bits per heavy atom. The highest BCUT2D eigenvalue weighted by molar-refractivity contribution is 5.35. The third-order valence-electron chi connectivity index (χ3n) is 5.84. The fourth-order valence-corrected chi connectivity index (χ4v) is 3.88. The van der Waals surface area contributed by atoms with Gasteiger partial charge in [0, 0.05) is 19.2 Å². The molecular formula is C27H39F2NO. The van der Waals surface area contributed by atoms with Crippen molar-refractivity contribution in [2.75, 3.05) is 26.2 Å². The van der Waals surface area contributed by atoms with E-state index in [9.17, 15) is 8.78 Å². The summed E-state index contributed by atoms with van der Waals surface area (Å²) in [6.07, 6.45) is 2.33. The molecule has 2 aromatic carbocycles. The van der Waals surface area contributed by atoms with E-state index in [4.69, 9.17) is 4.74 Å². The zero-order valence-corrected chi connectivity index (χ0v) is 20.1. The number of rotatable bonds is 11. The molecule has 0 aliphatic carbocycles. The van der Waals surface area contributed by atoms with Gasteiger partial charge in [-0.2, -0.15) is 0 Å². The first kappa shape index (κ1) is 25.5. The molecule has 2 aromatic rings. The number of ether oxygens (including phenoxy) is 1. The smallest absolute Gasteiger partial charge is 0.129 e. The number of hydrogen-bond acceptors (Lipinski definition) is 2. The van der Waals surface area contributed by atoms with Crippen molar-refractivity contribution in [3.63, 3.8) is 0 Å². The molecule has 0 aliphatic rings. The topological polar surface area (TPSA) is 12.5 Å². The van der Waals surface area contributed by atoms with Crippen LogP contribution in [0, 0.1) is 30.9 Å². The molecule has 0 saturated carbocycles. The lowest BCUT2D eigenvalue weighted by Gasteiger charge is -2.31. The average molecular weight is 432 g/mol. The molecule has 0 radical (unpaired) electrons. The van der Waals surface area contributed by atoms with Crippen molar-refractivity contribution in [1.82, 2.24) is 4.90 Å². The molecule has 31 heavy (non-hydrogen) atoms. The molecule has 0 aromatic heterocycles. The Hall–Kier alpha value is -1.78. The van der Waals surface area contributed by atoms with Crippen LogP contribution in [0.2, 0.25) is 0 Å². The molecule has 0 bridgehead atoms. The van der Waals surface area contributed by atoms with Crippen LogP contribution in [-0.4, -0.2) is 31.1 Å². The van der Waals surface area contributed by atoms with Crippen LogP contribution < -0.4 is 0 Å². The van der Waals surface area contributed by atoms with Crippen LogP contribution in [0.3, 0.4) is 0 Å². The lowest BCUT2D eigenvalue weighted by atomic mass is 9.92. The van der Waals surface area contributed by atoms with E-state index in [0.717, 1.165) is 32.1 Å². The van der Waals surface area contributed by atoms with Crippen molar-refractivity contribution in [3.05, 3.63) is 70.3 Å². The van der Waals surface area contributed by atoms with E-state index in [1.54, 1.807) is 0 Å². The summed E-state index contributed by atoms with van der Waals surface area (Å²) in [5, 5.41) is 0. The van der Waals surface area contributed by atoms with Gasteiger partial charge < -0.3 is 9.64 Å². The Bertz CT molecular complexity index is 808. The number of nitrogens with zero attached hydrogens (tertiary/aromatic N) is 1. The van der Waals surface area contributed by atoms with Crippen molar-refractivity contribution in [3.8, 4) is 0 Å². The average Bonchev–Trinajstić information content (AvgIpc) is 2.68. The van der Waals surface area contributed by atoms with Crippen molar-refractivity contribution < 1.29 is 13.5 Å². The summed E-state index contributed by atoms with van der Waals surface area (Å²) >= 11 is 0. The van der Waals surface area contributed by atoms with E-state index in [-0.39, 0.29) is 6.10 Å². The van der Waals surface area contributed by atoms with Gasteiger partial charge in [0.05, 0.1) is 6.10 Å². The van der Waals surface area contributed by atoms with Crippen molar-refractivity contribution in [2.24, 2.45) is 5.41 Å². The molecule has 0 fully saturated rings. The van der Waals surface area contributed by atoms with Gasteiger partial charge in [0.1, 0.15) is 11.6 Å². The van der Waals surface area contributed by atoms with Gasteiger partial charge >= 0.3 is 0 Å². The predicted octanol–water partition coefficient (Wildman–Crippen LogP) is 7.03.